The summed E-state index contributed by atoms with van der Waals surface area (Å²) in [6.45, 7) is 2.59. The van der Waals surface area contributed by atoms with Crippen LogP contribution in [0.2, 0.25) is 0 Å². The fourth-order valence-electron chi connectivity index (χ4n) is 5.12. The molecule has 2 aliphatic heterocycles. The standard InChI is InChI=1S/C27H25FIN5O4/c1-14-23(30-21-9-6-15(29)10-20(21)28)22-24(31(2)25(14)36)33(27(38)34(26(22)37)16-7-8-16)18-5-3-4-17(11-18)32-12-19(35)13-32/h3-6,9-11,14,16,19,35H,7-8,12-13H2,1-2H3. The number of aromatic nitrogens is 2. The van der Waals surface area contributed by atoms with E-state index in [1.165, 1.54) is 33.2 Å². The molecule has 3 heterocycles. The summed E-state index contributed by atoms with van der Waals surface area (Å²) >= 11 is 2.00. The highest BCUT2D eigenvalue weighted by molar-refractivity contribution is 14.1. The van der Waals surface area contributed by atoms with E-state index in [0.29, 0.717) is 35.2 Å². The third kappa shape index (κ3) is 3.99. The second-order valence-corrected chi connectivity index (χ2v) is 11.3. The number of anilines is 2. The normalized spacial score (nSPS) is 20.6. The molecule has 0 radical (unpaired) electrons. The van der Waals surface area contributed by atoms with Crippen LogP contribution in [0.15, 0.2) is 57.0 Å². The molecule has 0 spiro atoms. The van der Waals surface area contributed by atoms with Gasteiger partial charge in [0.15, 0.2) is 0 Å². The molecule has 9 nitrogen and oxygen atoms in total. The molecule has 2 aromatic carbocycles. The topological polar surface area (TPSA) is 100 Å². The summed E-state index contributed by atoms with van der Waals surface area (Å²) in [7, 11) is 1.53. The summed E-state index contributed by atoms with van der Waals surface area (Å²) in [6.07, 6.45) is 0.987. The van der Waals surface area contributed by atoms with Crippen LogP contribution in [0.3, 0.4) is 0 Å². The molecule has 1 atom stereocenters. The van der Waals surface area contributed by atoms with Crippen LogP contribution in [-0.4, -0.2) is 52.1 Å². The molecule has 38 heavy (non-hydrogen) atoms. The van der Waals surface area contributed by atoms with Gasteiger partial charge >= 0.3 is 5.69 Å². The lowest BCUT2D eigenvalue weighted by Gasteiger charge is -2.38. The summed E-state index contributed by atoms with van der Waals surface area (Å²) in [5, 5.41) is 9.76. The summed E-state index contributed by atoms with van der Waals surface area (Å²) < 4.78 is 18.2. The van der Waals surface area contributed by atoms with E-state index in [-0.39, 0.29) is 34.7 Å². The Balaban J connectivity index is 1.64. The van der Waals surface area contributed by atoms with Gasteiger partial charge in [0.2, 0.25) is 5.91 Å². The van der Waals surface area contributed by atoms with Crippen LogP contribution in [0, 0.1) is 15.3 Å². The first-order valence-corrected chi connectivity index (χ1v) is 13.5. The number of aliphatic hydroxyl groups excluding tert-OH is 1. The van der Waals surface area contributed by atoms with Gasteiger partial charge in [0.25, 0.3) is 5.56 Å². The molecule has 1 saturated carbocycles. The zero-order valence-corrected chi connectivity index (χ0v) is 22.9. The van der Waals surface area contributed by atoms with E-state index in [1.807, 2.05) is 33.6 Å². The number of nitrogens with zero attached hydrogens (tertiary/aromatic N) is 5. The van der Waals surface area contributed by atoms with E-state index in [2.05, 4.69) is 4.99 Å². The third-order valence-electron chi connectivity index (χ3n) is 7.33. The summed E-state index contributed by atoms with van der Waals surface area (Å²) in [6, 6.07) is 11.5. The van der Waals surface area contributed by atoms with E-state index in [9.17, 15) is 23.9 Å². The van der Waals surface area contributed by atoms with Crippen LogP contribution in [0.25, 0.3) is 5.69 Å². The second kappa shape index (κ2) is 9.16. The average Bonchev–Trinajstić information content (AvgIpc) is 3.70. The van der Waals surface area contributed by atoms with E-state index in [1.54, 1.807) is 31.2 Å². The lowest BCUT2D eigenvalue weighted by molar-refractivity contribution is -0.120. The summed E-state index contributed by atoms with van der Waals surface area (Å²) in [4.78, 5) is 49.0. The van der Waals surface area contributed by atoms with Crippen LogP contribution in [0.5, 0.6) is 0 Å². The Morgan fingerprint density at radius 1 is 1.05 bits per heavy atom. The molecule has 1 unspecified atom stereocenters. The number of aliphatic hydroxyl groups is 1. The van der Waals surface area contributed by atoms with Crippen molar-refractivity contribution in [3.63, 3.8) is 0 Å². The van der Waals surface area contributed by atoms with Crippen LogP contribution in [0.1, 0.15) is 31.4 Å². The van der Waals surface area contributed by atoms with Gasteiger partial charge in [0.1, 0.15) is 17.2 Å². The molecule has 6 rings (SSSR count). The van der Waals surface area contributed by atoms with Gasteiger partial charge in [0, 0.05) is 35.4 Å². The number of aliphatic imine (C=N–C) groups is 1. The Morgan fingerprint density at radius 3 is 2.42 bits per heavy atom. The number of β-amino-alcohol motifs (C(OH)–C–C–N with tert-alkyl or cyclic N) is 1. The van der Waals surface area contributed by atoms with Crippen LogP contribution >= 0.6 is 22.6 Å². The van der Waals surface area contributed by atoms with Gasteiger partial charge in [-0.05, 0) is 78.8 Å². The van der Waals surface area contributed by atoms with Gasteiger partial charge < -0.3 is 10.0 Å². The smallest absolute Gasteiger partial charge is 0.337 e. The zero-order chi connectivity index (χ0) is 26.9. The van der Waals surface area contributed by atoms with Gasteiger partial charge in [-0.15, -0.1) is 0 Å². The quantitative estimate of drug-likeness (QED) is 0.448. The summed E-state index contributed by atoms with van der Waals surface area (Å²) in [5.74, 6) is -1.64. The Labute approximate surface area is 231 Å². The minimum atomic E-state index is -0.827. The molecule has 1 aliphatic carbocycles. The predicted molar refractivity (Wildman–Crippen MR) is 151 cm³/mol. The number of benzene rings is 2. The second-order valence-electron chi connectivity index (χ2n) is 10.0. The number of hydrogen-bond donors (Lipinski definition) is 1. The van der Waals surface area contributed by atoms with Crippen LogP contribution < -0.4 is 21.0 Å². The van der Waals surface area contributed by atoms with E-state index < -0.39 is 29.1 Å². The van der Waals surface area contributed by atoms with Crippen molar-refractivity contribution in [3.05, 3.63) is 78.3 Å². The molecule has 3 aromatic rings. The molecule has 3 aliphatic rings. The van der Waals surface area contributed by atoms with Crippen molar-refractivity contribution in [2.45, 2.75) is 31.9 Å². The maximum atomic E-state index is 14.8. The Morgan fingerprint density at radius 2 is 1.76 bits per heavy atom. The maximum absolute atomic E-state index is 14.8. The number of rotatable bonds is 4. The molecule has 11 heteroatoms. The number of amides is 1. The first-order valence-electron chi connectivity index (χ1n) is 12.4. The highest BCUT2D eigenvalue weighted by Crippen LogP contribution is 2.36. The van der Waals surface area contributed by atoms with E-state index in [4.69, 9.17) is 0 Å². The molecule has 1 aromatic heterocycles. The molecule has 0 bridgehead atoms. The van der Waals surface area contributed by atoms with Crippen molar-refractivity contribution in [1.82, 2.24) is 9.13 Å². The molecule has 1 saturated heterocycles. The van der Waals surface area contributed by atoms with Gasteiger partial charge in [-0.1, -0.05) is 6.07 Å². The fraction of sp³-hybridized carbons (Fsp3) is 0.333. The lowest BCUT2D eigenvalue weighted by atomic mass is 9.93. The van der Waals surface area contributed by atoms with Crippen LogP contribution in [0.4, 0.5) is 21.6 Å². The predicted octanol–water partition coefficient (Wildman–Crippen LogP) is 2.99. The monoisotopic (exact) mass is 629 g/mol. The number of halogens is 2. The minimum absolute atomic E-state index is 0.0176. The number of carbonyl (C=O) groups is 1. The molecule has 1 amide bonds. The largest absolute Gasteiger partial charge is 0.389 e. The van der Waals surface area contributed by atoms with E-state index in [0.717, 1.165) is 5.69 Å². The number of fused-ring (bicyclic) bond motifs is 1. The lowest BCUT2D eigenvalue weighted by Crippen LogP contribution is -2.52. The molecule has 2 fully saturated rings. The number of hydrogen-bond acceptors (Lipinski definition) is 6. The third-order valence-corrected chi connectivity index (χ3v) is 8.00. The Kier molecular flexibility index (Phi) is 6.02. The average molecular weight is 629 g/mol. The first kappa shape index (κ1) is 25.0. The molecule has 1 N–H and O–H groups in total. The van der Waals surface area contributed by atoms with Gasteiger partial charge in [0.05, 0.1) is 29.1 Å². The Bertz CT molecular complexity index is 1640. The van der Waals surface area contributed by atoms with E-state index >= 15 is 0 Å². The highest BCUT2D eigenvalue weighted by Gasteiger charge is 2.41. The van der Waals surface area contributed by atoms with Crippen molar-refractivity contribution in [2.24, 2.45) is 10.9 Å². The molecule has 196 valence electrons. The molecular weight excluding hydrogens is 604 g/mol. The van der Waals surface area contributed by atoms with Gasteiger partial charge in [-0.25, -0.2) is 18.7 Å². The number of carbonyl (C=O) groups excluding carboxylic acids is 1. The van der Waals surface area contributed by atoms with Gasteiger partial charge in [-0.2, -0.15) is 0 Å². The van der Waals surface area contributed by atoms with Gasteiger partial charge in [-0.3, -0.25) is 19.1 Å². The fourth-order valence-corrected chi connectivity index (χ4v) is 5.57. The SMILES string of the molecule is CC1C(=O)N(C)c2c(c(=O)n(C3CC3)c(=O)n2-c2cccc(N3CC(O)C3)c2)C1=Nc1ccc(I)cc1F. The summed E-state index contributed by atoms with van der Waals surface area (Å²) in [5.41, 5.74) is 0.503. The highest BCUT2D eigenvalue weighted by atomic mass is 127. The van der Waals surface area contributed by atoms with Crippen LogP contribution in [-0.2, 0) is 4.79 Å². The van der Waals surface area contributed by atoms with Crippen molar-refractivity contribution >= 4 is 51.4 Å². The minimum Gasteiger partial charge on any atom is -0.389 e. The van der Waals surface area contributed by atoms with Crippen molar-refractivity contribution < 1.29 is 14.3 Å². The van der Waals surface area contributed by atoms with Crippen molar-refractivity contribution in [3.8, 4) is 5.69 Å². The van der Waals surface area contributed by atoms with Crippen molar-refractivity contribution in [1.29, 1.82) is 0 Å². The Hall–Kier alpha value is -3.32. The van der Waals surface area contributed by atoms with Crippen molar-refractivity contribution in [2.75, 3.05) is 29.9 Å². The maximum Gasteiger partial charge on any atom is 0.337 e. The molecular formula is C27H25FIN5O4. The zero-order valence-electron chi connectivity index (χ0n) is 20.8. The first-order chi connectivity index (χ1) is 18.2.